The average molecular weight is 213 g/mol. The predicted octanol–water partition coefficient (Wildman–Crippen LogP) is 1.01. The Kier molecular flexibility index (Phi) is 6.98. The molecule has 0 aliphatic carbocycles. The van der Waals surface area contributed by atoms with Gasteiger partial charge in [0.25, 0.3) is 0 Å². The van der Waals surface area contributed by atoms with E-state index in [-0.39, 0.29) is 0 Å². The van der Waals surface area contributed by atoms with E-state index in [0.717, 1.165) is 6.54 Å². The summed E-state index contributed by atoms with van der Waals surface area (Å²) in [6.45, 7) is 14.3. The number of rotatable bonds is 7. The van der Waals surface area contributed by atoms with E-state index in [4.69, 9.17) is 0 Å². The van der Waals surface area contributed by atoms with Gasteiger partial charge >= 0.3 is 0 Å². The highest BCUT2D eigenvalue weighted by Crippen LogP contribution is 2.02. The van der Waals surface area contributed by atoms with Gasteiger partial charge in [0.05, 0.1) is 0 Å². The Hall–Kier alpha value is -0.120. The molecular weight excluding hydrogens is 186 g/mol. The molecule has 0 unspecified atom stereocenters. The van der Waals surface area contributed by atoms with Crippen LogP contribution in [0.25, 0.3) is 0 Å². The van der Waals surface area contributed by atoms with Gasteiger partial charge < -0.3 is 15.1 Å². The molecule has 1 heterocycles. The SMILES string of the molecule is CCNCCCCN1CCN(CC)CC1. The van der Waals surface area contributed by atoms with Gasteiger partial charge in [0.2, 0.25) is 0 Å². The van der Waals surface area contributed by atoms with Crippen LogP contribution in [-0.4, -0.2) is 62.2 Å². The topological polar surface area (TPSA) is 18.5 Å². The lowest BCUT2D eigenvalue weighted by Crippen LogP contribution is -2.46. The summed E-state index contributed by atoms with van der Waals surface area (Å²) in [6.07, 6.45) is 2.67. The van der Waals surface area contributed by atoms with Crippen molar-refractivity contribution in [2.75, 3.05) is 52.4 Å². The zero-order valence-electron chi connectivity index (χ0n) is 10.5. The smallest absolute Gasteiger partial charge is 0.0110 e. The fourth-order valence-corrected chi connectivity index (χ4v) is 2.09. The molecule has 0 aromatic rings. The summed E-state index contributed by atoms with van der Waals surface area (Å²) in [5, 5.41) is 3.38. The Morgan fingerprint density at radius 3 is 2.20 bits per heavy atom. The maximum absolute atomic E-state index is 3.38. The first kappa shape index (κ1) is 12.9. The summed E-state index contributed by atoms with van der Waals surface area (Å²) in [4.78, 5) is 5.15. The molecule has 1 N–H and O–H groups in total. The molecule has 1 aliphatic rings. The first-order chi connectivity index (χ1) is 7.36. The summed E-state index contributed by atoms with van der Waals surface area (Å²) >= 11 is 0. The molecule has 90 valence electrons. The van der Waals surface area contributed by atoms with Gasteiger partial charge in [0, 0.05) is 26.2 Å². The highest BCUT2D eigenvalue weighted by Gasteiger charge is 2.14. The normalized spacial score (nSPS) is 19.6. The Balaban J connectivity index is 1.94. The Labute approximate surface area is 94.8 Å². The minimum absolute atomic E-state index is 1.11. The van der Waals surface area contributed by atoms with Crippen LogP contribution >= 0.6 is 0 Å². The number of unbranched alkanes of at least 4 members (excludes halogenated alkanes) is 1. The minimum atomic E-state index is 1.11. The Morgan fingerprint density at radius 2 is 1.60 bits per heavy atom. The maximum Gasteiger partial charge on any atom is 0.0110 e. The van der Waals surface area contributed by atoms with Crippen molar-refractivity contribution in [2.24, 2.45) is 0 Å². The highest BCUT2D eigenvalue weighted by molar-refractivity contribution is 4.70. The highest BCUT2D eigenvalue weighted by atomic mass is 15.3. The van der Waals surface area contributed by atoms with Crippen molar-refractivity contribution in [3.05, 3.63) is 0 Å². The van der Waals surface area contributed by atoms with Gasteiger partial charge in [-0.25, -0.2) is 0 Å². The molecule has 1 aliphatic heterocycles. The fourth-order valence-electron chi connectivity index (χ4n) is 2.09. The van der Waals surface area contributed by atoms with Crippen LogP contribution in [0.3, 0.4) is 0 Å². The Bertz CT molecular complexity index is 142. The lowest BCUT2D eigenvalue weighted by Gasteiger charge is -2.33. The third-order valence-electron chi connectivity index (χ3n) is 3.24. The monoisotopic (exact) mass is 213 g/mol. The van der Waals surface area contributed by atoms with E-state index in [1.165, 1.54) is 58.7 Å². The van der Waals surface area contributed by atoms with Gasteiger partial charge in [-0.05, 0) is 39.0 Å². The van der Waals surface area contributed by atoms with E-state index < -0.39 is 0 Å². The second-order valence-corrected chi connectivity index (χ2v) is 4.34. The minimum Gasteiger partial charge on any atom is -0.317 e. The van der Waals surface area contributed by atoms with Crippen molar-refractivity contribution >= 4 is 0 Å². The van der Waals surface area contributed by atoms with Crippen LogP contribution in [0.1, 0.15) is 26.7 Å². The summed E-state index contributed by atoms with van der Waals surface area (Å²) in [7, 11) is 0. The number of nitrogens with one attached hydrogen (secondary N) is 1. The second kappa shape index (κ2) is 8.08. The largest absolute Gasteiger partial charge is 0.317 e. The molecule has 1 fully saturated rings. The fraction of sp³-hybridized carbons (Fsp3) is 1.00. The molecule has 1 rings (SSSR count). The summed E-state index contributed by atoms with van der Waals surface area (Å²) < 4.78 is 0. The molecule has 15 heavy (non-hydrogen) atoms. The van der Waals surface area contributed by atoms with Crippen molar-refractivity contribution < 1.29 is 0 Å². The predicted molar refractivity (Wildman–Crippen MR) is 66.3 cm³/mol. The van der Waals surface area contributed by atoms with Crippen LogP contribution in [0.5, 0.6) is 0 Å². The summed E-state index contributed by atoms with van der Waals surface area (Å²) in [5.74, 6) is 0. The van der Waals surface area contributed by atoms with E-state index in [0.29, 0.717) is 0 Å². The molecule has 0 spiro atoms. The van der Waals surface area contributed by atoms with Crippen LogP contribution in [0, 0.1) is 0 Å². The van der Waals surface area contributed by atoms with Gasteiger partial charge in [0.1, 0.15) is 0 Å². The average Bonchev–Trinajstić information content (AvgIpc) is 2.30. The van der Waals surface area contributed by atoms with Gasteiger partial charge in [-0.1, -0.05) is 13.8 Å². The Morgan fingerprint density at radius 1 is 0.933 bits per heavy atom. The van der Waals surface area contributed by atoms with E-state index >= 15 is 0 Å². The number of likely N-dealkylation sites (N-methyl/N-ethyl adjacent to an activating group) is 1. The van der Waals surface area contributed by atoms with Crippen molar-refractivity contribution in [2.45, 2.75) is 26.7 Å². The molecule has 0 aromatic carbocycles. The third-order valence-corrected chi connectivity index (χ3v) is 3.24. The van der Waals surface area contributed by atoms with Crippen molar-refractivity contribution in [3.8, 4) is 0 Å². The van der Waals surface area contributed by atoms with Crippen molar-refractivity contribution in [1.29, 1.82) is 0 Å². The van der Waals surface area contributed by atoms with Crippen LogP contribution in [0.4, 0.5) is 0 Å². The van der Waals surface area contributed by atoms with E-state index in [1.807, 2.05) is 0 Å². The van der Waals surface area contributed by atoms with Gasteiger partial charge in [0.15, 0.2) is 0 Å². The van der Waals surface area contributed by atoms with E-state index in [2.05, 4.69) is 29.0 Å². The number of hydrogen-bond acceptors (Lipinski definition) is 3. The molecule has 1 saturated heterocycles. The van der Waals surface area contributed by atoms with Crippen LogP contribution in [-0.2, 0) is 0 Å². The summed E-state index contributed by atoms with van der Waals surface area (Å²) in [5.41, 5.74) is 0. The summed E-state index contributed by atoms with van der Waals surface area (Å²) in [6, 6.07) is 0. The third kappa shape index (κ3) is 5.50. The van der Waals surface area contributed by atoms with Gasteiger partial charge in [-0.2, -0.15) is 0 Å². The number of hydrogen-bond donors (Lipinski definition) is 1. The first-order valence-corrected chi connectivity index (χ1v) is 6.52. The molecule has 0 bridgehead atoms. The van der Waals surface area contributed by atoms with Crippen LogP contribution in [0.15, 0.2) is 0 Å². The molecule has 0 saturated carbocycles. The first-order valence-electron chi connectivity index (χ1n) is 6.52. The molecule has 0 aromatic heterocycles. The van der Waals surface area contributed by atoms with Gasteiger partial charge in [-0.15, -0.1) is 0 Å². The van der Waals surface area contributed by atoms with Crippen molar-refractivity contribution in [1.82, 2.24) is 15.1 Å². The quantitative estimate of drug-likeness (QED) is 0.637. The lowest BCUT2D eigenvalue weighted by atomic mass is 10.2. The van der Waals surface area contributed by atoms with Gasteiger partial charge in [-0.3, -0.25) is 0 Å². The standard InChI is InChI=1S/C12H27N3/c1-3-13-7-5-6-8-15-11-9-14(4-2)10-12-15/h13H,3-12H2,1-2H3. The molecular formula is C12H27N3. The van der Waals surface area contributed by atoms with E-state index in [1.54, 1.807) is 0 Å². The lowest BCUT2D eigenvalue weighted by molar-refractivity contribution is 0.135. The zero-order valence-corrected chi connectivity index (χ0v) is 10.5. The zero-order chi connectivity index (χ0) is 10.9. The van der Waals surface area contributed by atoms with E-state index in [9.17, 15) is 0 Å². The maximum atomic E-state index is 3.38. The second-order valence-electron chi connectivity index (χ2n) is 4.34. The molecule has 0 atom stereocenters. The molecule has 3 nitrogen and oxygen atoms in total. The molecule has 0 radical (unpaired) electrons. The van der Waals surface area contributed by atoms with Crippen LogP contribution < -0.4 is 5.32 Å². The molecule has 3 heteroatoms. The van der Waals surface area contributed by atoms with Crippen molar-refractivity contribution in [3.63, 3.8) is 0 Å². The van der Waals surface area contributed by atoms with Crippen LogP contribution in [0.2, 0.25) is 0 Å². The number of nitrogens with zero attached hydrogens (tertiary/aromatic N) is 2. The number of piperazine rings is 1. The molecule has 0 amide bonds.